The second kappa shape index (κ2) is 5.34. The van der Waals surface area contributed by atoms with Gasteiger partial charge in [-0.3, -0.25) is 4.72 Å². The van der Waals surface area contributed by atoms with E-state index in [4.69, 9.17) is 0 Å². The molecule has 0 aliphatic carbocycles. The van der Waals surface area contributed by atoms with Crippen molar-refractivity contribution >= 4 is 21.7 Å². The largest absolute Gasteiger partial charge is 0.545 e. The van der Waals surface area contributed by atoms with Crippen molar-refractivity contribution in [3.8, 4) is 0 Å². The molecular weight excluding hydrogens is 278 g/mol. The SMILES string of the molecule is Cc1ccc(S(=O)(=O)Nc2cccc(C(=O)[O-])c2)cc1. The molecule has 0 aromatic heterocycles. The summed E-state index contributed by atoms with van der Waals surface area (Å²) in [7, 11) is -3.74. The predicted octanol–water partition coefficient (Wildman–Crippen LogP) is 1.16. The van der Waals surface area contributed by atoms with Crippen LogP contribution in [0, 0.1) is 6.92 Å². The van der Waals surface area contributed by atoms with Gasteiger partial charge in [0.1, 0.15) is 0 Å². The van der Waals surface area contributed by atoms with Crippen molar-refractivity contribution < 1.29 is 18.3 Å². The first-order chi connectivity index (χ1) is 9.38. The number of rotatable bonds is 4. The zero-order chi connectivity index (χ0) is 14.8. The summed E-state index contributed by atoms with van der Waals surface area (Å²) in [5.74, 6) is -1.36. The third-order valence-electron chi connectivity index (χ3n) is 2.68. The van der Waals surface area contributed by atoms with Crippen LogP contribution in [0.3, 0.4) is 0 Å². The number of benzene rings is 2. The topological polar surface area (TPSA) is 86.3 Å². The first kappa shape index (κ1) is 14.1. The van der Waals surface area contributed by atoms with Crippen LogP contribution in [-0.2, 0) is 10.0 Å². The minimum absolute atomic E-state index is 0.0888. The maximum Gasteiger partial charge on any atom is 0.261 e. The van der Waals surface area contributed by atoms with E-state index in [-0.39, 0.29) is 16.1 Å². The maximum atomic E-state index is 12.1. The van der Waals surface area contributed by atoms with Crippen molar-refractivity contribution in [2.45, 2.75) is 11.8 Å². The van der Waals surface area contributed by atoms with Gasteiger partial charge in [-0.15, -0.1) is 0 Å². The average molecular weight is 290 g/mol. The maximum absolute atomic E-state index is 12.1. The van der Waals surface area contributed by atoms with Crippen LogP contribution < -0.4 is 9.83 Å². The highest BCUT2D eigenvalue weighted by atomic mass is 32.2. The number of sulfonamides is 1. The molecule has 0 aliphatic heterocycles. The number of carboxylic acid groups (broad SMARTS) is 1. The van der Waals surface area contributed by atoms with Gasteiger partial charge in [-0.05, 0) is 36.8 Å². The van der Waals surface area contributed by atoms with Gasteiger partial charge in [-0.1, -0.05) is 29.8 Å². The summed E-state index contributed by atoms with van der Waals surface area (Å²) in [5, 5.41) is 10.7. The zero-order valence-corrected chi connectivity index (χ0v) is 11.5. The lowest BCUT2D eigenvalue weighted by molar-refractivity contribution is -0.255. The van der Waals surface area contributed by atoms with Gasteiger partial charge in [-0.2, -0.15) is 0 Å². The third-order valence-corrected chi connectivity index (χ3v) is 4.08. The van der Waals surface area contributed by atoms with Gasteiger partial charge in [0.25, 0.3) is 10.0 Å². The van der Waals surface area contributed by atoms with Gasteiger partial charge in [0.2, 0.25) is 0 Å². The second-order valence-electron chi connectivity index (χ2n) is 4.29. The molecule has 2 aromatic rings. The molecule has 0 bridgehead atoms. The van der Waals surface area contributed by atoms with Crippen LogP contribution in [0.25, 0.3) is 0 Å². The Balaban J connectivity index is 2.31. The van der Waals surface area contributed by atoms with Crippen LogP contribution in [-0.4, -0.2) is 14.4 Å². The Morgan fingerprint density at radius 1 is 1.10 bits per heavy atom. The molecule has 0 atom stereocenters. The fourth-order valence-corrected chi connectivity index (χ4v) is 2.69. The van der Waals surface area contributed by atoms with Crippen LogP contribution in [0.2, 0.25) is 0 Å². The smallest absolute Gasteiger partial charge is 0.261 e. The molecule has 5 nitrogen and oxygen atoms in total. The van der Waals surface area contributed by atoms with Crippen molar-refractivity contribution in [2.24, 2.45) is 0 Å². The normalized spacial score (nSPS) is 11.1. The molecule has 2 aromatic carbocycles. The van der Waals surface area contributed by atoms with E-state index in [0.29, 0.717) is 0 Å². The minimum atomic E-state index is -3.74. The van der Waals surface area contributed by atoms with Crippen molar-refractivity contribution in [2.75, 3.05) is 4.72 Å². The Morgan fingerprint density at radius 3 is 2.35 bits per heavy atom. The van der Waals surface area contributed by atoms with Gasteiger partial charge in [0.05, 0.1) is 10.9 Å². The lowest BCUT2D eigenvalue weighted by Crippen LogP contribution is -2.22. The first-order valence-electron chi connectivity index (χ1n) is 5.79. The number of aryl methyl sites for hydroxylation is 1. The fourth-order valence-electron chi connectivity index (χ4n) is 1.64. The van der Waals surface area contributed by atoms with Crippen LogP contribution >= 0.6 is 0 Å². The number of carbonyl (C=O) groups excluding carboxylic acids is 1. The van der Waals surface area contributed by atoms with E-state index < -0.39 is 16.0 Å². The molecule has 0 aliphatic rings. The van der Waals surface area contributed by atoms with Gasteiger partial charge >= 0.3 is 0 Å². The van der Waals surface area contributed by atoms with Gasteiger partial charge in [0.15, 0.2) is 0 Å². The highest BCUT2D eigenvalue weighted by Gasteiger charge is 2.13. The van der Waals surface area contributed by atoms with Gasteiger partial charge in [-0.25, -0.2) is 8.42 Å². The molecule has 0 radical (unpaired) electrons. The summed E-state index contributed by atoms with van der Waals surface area (Å²) in [6.45, 7) is 1.85. The molecule has 0 saturated carbocycles. The summed E-state index contributed by atoms with van der Waals surface area (Å²) in [6.07, 6.45) is 0. The van der Waals surface area contributed by atoms with Crippen LogP contribution in [0.5, 0.6) is 0 Å². The summed E-state index contributed by atoms with van der Waals surface area (Å²) >= 11 is 0. The molecule has 0 heterocycles. The monoisotopic (exact) mass is 290 g/mol. The fraction of sp³-hybridized carbons (Fsp3) is 0.0714. The molecule has 0 fully saturated rings. The molecule has 0 saturated heterocycles. The lowest BCUT2D eigenvalue weighted by Gasteiger charge is -2.10. The second-order valence-corrected chi connectivity index (χ2v) is 5.97. The van der Waals surface area contributed by atoms with E-state index in [9.17, 15) is 18.3 Å². The number of hydrogen-bond donors (Lipinski definition) is 1. The molecule has 6 heteroatoms. The summed E-state index contributed by atoms with van der Waals surface area (Å²) < 4.78 is 26.6. The van der Waals surface area contributed by atoms with Gasteiger partial charge in [0, 0.05) is 5.69 Å². The van der Waals surface area contributed by atoms with Crippen LogP contribution in [0.4, 0.5) is 5.69 Å². The molecule has 2 rings (SSSR count). The van der Waals surface area contributed by atoms with Crippen LogP contribution in [0.1, 0.15) is 15.9 Å². The van der Waals surface area contributed by atoms with Crippen molar-refractivity contribution in [1.29, 1.82) is 0 Å². The Labute approximate surface area is 116 Å². The number of aromatic carboxylic acids is 1. The van der Waals surface area contributed by atoms with E-state index in [2.05, 4.69) is 4.72 Å². The number of carbonyl (C=O) groups is 1. The Hall–Kier alpha value is -2.34. The Bertz CT molecular complexity index is 736. The minimum Gasteiger partial charge on any atom is -0.545 e. The molecule has 0 amide bonds. The van der Waals surface area contributed by atoms with E-state index in [0.717, 1.165) is 5.56 Å². The summed E-state index contributed by atoms with van der Waals surface area (Å²) in [6, 6.07) is 11.8. The number of nitrogens with one attached hydrogen (secondary N) is 1. The van der Waals surface area contributed by atoms with Gasteiger partial charge < -0.3 is 9.90 Å². The van der Waals surface area contributed by atoms with E-state index in [1.165, 1.54) is 36.4 Å². The van der Waals surface area contributed by atoms with Crippen molar-refractivity contribution in [1.82, 2.24) is 0 Å². The average Bonchev–Trinajstić information content (AvgIpc) is 2.39. The summed E-state index contributed by atoms with van der Waals surface area (Å²) in [4.78, 5) is 10.9. The highest BCUT2D eigenvalue weighted by molar-refractivity contribution is 7.92. The number of anilines is 1. The standard InChI is InChI=1S/C14H13NO4S/c1-10-5-7-13(8-6-10)20(18,19)15-12-4-2-3-11(9-12)14(16)17/h2-9,15H,1H3,(H,16,17)/p-1. The molecule has 1 N–H and O–H groups in total. The molecule has 0 unspecified atom stereocenters. The molecule has 20 heavy (non-hydrogen) atoms. The highest BCUT2D eigenvalue weighted by Crippen LogP contribution is 2.17. The Morgan fingerprint density at radius 2 is 1.75 bits per heavy atom. The third kappa shape index (κ3) is 3.16. The zero-order valence-electron chi connectivity index (χ0n) is 10.7. The number of hydrogen-bond acceptors (Lipinski definition) is 4. The van der Waals surface area contributed by atoms with Crippen molar-refractivity contribution in [3.63, 3.8) is 0 Å². The van der Waals surface area contributed by atoms with E-state index >= 15 is 0 Å². The first-order valence-corrected chi connectivity index (χ1v) is 7.28. The quantitative estimate of drug-likeness (QED) is 0.915. The van der Waals surface area contributed by atoms with Crippen LogP contribution in [0.15, 0.2) is 53.4 Å². The molecular formula is C14H12NO4S-. The van der Waals surface area contributed by atoms with E-state index in [1.807, 2.05) is 6.92 Å². The Kier molecular flexibility index (Phi) is 3.76. The number of carboxylic acids is 1. The van der Waals surface area contributed by atoms with Crippen molar-refractivity contribution in [3.05, 3.63) is 59.7 Å². The lowest BCUT2D eigenvalue weighted by atomic mass is 10.2. The predicted molar refractivity (Wildman–Crippen MR) is 72.8 cm³/mol. The van der Waals surface area contributed by atoms with E-state index in [1.54, 1.807) is 12.1 Å². The molecule has 104 valence electrons. The summed E-state index contributed by atoms with van der Waals surface area (Å²) in [5.41, 5.74) is 1.03. The molecule has 0 spiro atoms.